The number of β-amino-alcohol motifs (C(OH)–C–C–N with tert-alkyl or cyclic N) is 1. The Balaban J connectivity index is 1.68. The Hall–Kier alpha value is -1.69. The molecule has 0 amide bonds. The maximum absolute atomic E-state index is 12.2. The molecule has 0 aliphatic carbocycles. The number of aromatic amines is 1. The largest absolute Gasteiger partial charge is 0.395 e. The van der Waals surface area contributed by atoms with E-state index in [-0.39, 0.29) is 24.3 Å². The predicted octanol–water partition coefficient (Wildman–Crippen LogP) is 1.20. The van der Waals surface area contributed by atoms with Gasteiger partial charge in [-0.25, -0.2) is 0 Å². The zero-order chi connectivity index (χ0) is 16.4. The molecule has 1 saturated heterocycles. The Morgan fingerprint density at radius 1 is 1.35 bits per heavy atom. The van der Waals surface area contributed by atoms with Gasteiger partial charge in [0, 0.05) is 23.7 Å². The molecule has 2 aromatic rings. The van der Waals surface area contributed by atoms with Crippen molar-refractivity contribution in [1.29, 1.82) is 0 Å². The molecule has 2 atom stereocenters. The summed E-state index contributed by atoms with van der Waals surface area (Å²) in [6, 6.07) is 7.89. The minimum absolute atomic E-state index is 0.0361. The van der Waals surface area contributed by atoms with Crippen molar-refractivity contribution in [3.05, 3.63) is 45.9 Å². The minimum atomic E-state index is -0.338. The number of hydrogen-bond donors (Lipinski definition) is 3. The first-order chi connectivity index (χ1) is 11.1. The van der Waals surface area contributed by atoms with E-state index in [2.05, 4.69) is 16.0 Å². The molecule has 1 aliphatic rings. The van der Waals surface area contributed by atoms with Crippen molar-refractivity contribution in [2.75, 3.05) is 19.7 Å². The Kier molecular flexibility index (Phi) is 4.80. The van der Waals surface area contributed by atoms with Gasteiger partial charge < -0.3 is 15.2 Å². The summed E-state index contributed by atoms with van der Waals surface area (Å²) in [7, 11) is 0. The molecule has 0 radical (unpaired) electrons. The third kappa shape index (κ3) is 3.47. The van der Waals surface area contributed by atoms with E-state index in [1.165, 1.54) is 0 Å². The molecular weight excluding hydrogens is 292 g/mol. The Morgan fingerprint density at radius 3 is 2.96 bits per heavy atom. The first-order valence-electron chi connectivity index (χ1n) is 8.23. The smallest absolute Gasteiger partial charge is 0.256 e. The van der Waals surface area contributed by atoms with Crippen molar-refractivity contribution >= 4 is 10.8 Å². The van der Waals surface area contributed by atoms with Gasteiger partial charge in [0.25, 0.3) is 5.56 Å². The van der Waals surface area contributed by atoms with Gasteiger partial charge in [0.05, 0.1) is 12.7 Å². The van der Waals surface area contributed by atoms with Gasteiger partial charge in [-0.2, -0.15) is 0 Å². The van der Waals surface area contributed by atoms with Crippen molar-refractivity contribution in [2.24, 2.45) is 0 Å². The Labute approximate surface area is 135 Å². The van der Waals surface area contributed by atoms with E-state index in [4.69, 9.17) is 0 Å². The number of nitrogens with one attached hydrogen (secondary N) is 1. The third-order valence-corrected chi connectivity index (χ3v) is 4.77. The highest BCUT2D eigenvalue weighted by Crippen LogP contribution is 2.19. The van der Waals surface area contributed by atoms with Crippen molar-refractivity contribution in [1.82, 2.24) is 9.88 Å². The Morgan fingerprint density at radius 2 is 2.17 bits per heavy atom. The summed E-state index contributed by atoms with van der Waals surface area (Å²) in [5.41, 5.74) is 2.01. The maximum Gasteiger partial charge on any atom is 0.256 e. The fourth-order valence-corrected chi connectivity index (χ4v) is 3.52. The van der Waals surface area contributed by atoms with Crippen LogP contribution >= 0.6 is 0 Å². The highest BCUT2D eigenvalue weighted by Gasteiger charge is 2.29. The molecule has 5 nitrogen and oxygen atoms in total. The summed E-state index contributed by atoms with van der Waals surface area (Å²) in [4.78, 5) is 17.3. The quantitative estimate of drug-likeness (QED) is 0.774. The molecule has 1 aliphatic heterocycles. The van der Waals surface area contributed by atoms with Crippen molar-refractivity contribution in [2.45, 2.75) is 38.3 Å². The summed E-state index contributed by atoms with van der Waals surface area (Å²) in [5.74, 6) is 0. The zero-order valence-electron chi connectivity index (χ0n) is 13.5. The summed E-state index contributed by atoms with van der Waals surface area (Å²) in [6.07, 6.45) is 1.97. The summed E-state index contributed by atoms with van der Waals surface area (Å²) < 4.78 is 0. The number of fused-ring (bicyclic) bond motifs is 1. The highest BCUT2D eigenvalue weighted by molar-refractivity contribution is 5.84. The van der Waals surface area contributed by atoms with Crippen LogP contribution in [-0.2, 0) is 6.42 Å². The second-order valence-corrected chi connectivity index (χ2v) is 6.48. The molecule has 124 valence electrons. The standard InChI is InChI=1S/C18H24N2O3/c1-12-4-2-6-16-17(12)8-13(19-18(16)23)5-3-7-20-10-15(22)9-14(20)11-21/h2,4,6,8,14-15,21-22H,3,5,7,9-11H2,1H3,(H,19,23). The number of rotatable bonds is 5. The molecule has 1 aromatic heterocycles. The first-order valence-corrected chi connectivity index (χ1v) is 8.23. The Bertz CT molecular complexity index is 741. The van der Waals surface area contributed by atoms with E-state index >= 15 is 0 Å². The van der Waals surface area contributed by atoms with Crippen LogP contribution in [0.3, 0.4) is 0 Å². The molecule has 0 spiro atoms. The molecule has 0 saturated carbocycles. The second kappa shape index (κ2) is 6.83. The number of nitrogens with zero attached hydrogens (tertiary/aromatic N) is 1. The molecule has 0 bridgehead atoms. The summed E-state index contributed by atoms with van der Waals surface area (Å²) in [6.45, 7) is 3.54. The zero-order valence-corrected chi connectivity index (χ0v) is 13.5. The highest BCUT2D eigenvalue weighted by atomic mass is 16.3. The van der Waals surface area contributed by atoms with Crippen LogP contribution in [-0.4, -0.2) is 51.9 Å². The fourth-order valence-electron chi connectivity index (χ4n) is 3.52. The van der Waals surface area contributed by atoms with Crippen LogP contribution in [0.1, 0.15) is 24.1 Å². The van der Waals surface area contributed by atoms with E-state index in [0.717, 1.165) is 41.4 Å². The van der Waals surface area contributed by atoms with Crippen molar-refractivity contribution < 1.29 is 10.2 Å². The van der Waals surface area contributed by atoms with Crippen LogP contribution < -0.4 is 5.56 Å². The number of pyridine rings is 1. The molecule has 2 unspecified atom stereocenters. The minimum Gasteiger partial charge on any atom is -0.395 e. The van der Waals surface area contributed by atoms with Crippen LogP contribution in [0.4, 0.5) is 0 Å². The van der Waals surface area contributed by atoms with Crippen LogP contribution in [0.5, 0.6) is 0 Å². The average Bonchev–Trinajstić information content (AvgIpc) is 2.88. The van der Waals surface area contributed by atoms with Gasteiger partial charge in [-0.05, 0) is 55.8 Å². The number of aliphatic hydroxyl groups is 2. The number of aryl methyl sites for hydroxylation is 2. The van der Waals surface area contributed by atoms with E-state index in [9.17, 15) is 15.0 Å². The van der Waals surface area contributed by atoms with E-state index in [1.807, 2.05) is 25.1 Å². The lowest BCUT2D eigenvalue weighted by Crippen LogP contribution is -2.33. The topological polar surface area (TPSA) is 76.6 Å². The number of benzene rings is 1. The monoisotopic (exact) mass is 316 g/mol. The second-order valence-electron chi connectivity index (χ2n) is 6.48. The van der Waals surface area contributed by atoms with Gasteiger partial charge in [0.1, 0.15) is 0 Å². The van der Waals surface area contributed by atoms with E-state index < -0.39 is 0 Å². The molecule has 2 heterocycles. The molecule has 5 heteroatoms. The fraction of sp³-hybridized carbons (Fsp3) is 0.500. The van der Waals surface area contributed by atoms with Gasteiger partial charge in [0.2, 0.25) is 0 Å². The van der Waals surface area contributed by atoms with Gasteiger partial charge in [0.15, 0.2) is 0 Å². The molecule has 1 fully saturated rings. The number of aliphatic hydroxyl groups excluding tert-OH is 2. The lowest BCUT2D eigenvalue weighted by molar-refractivity contribution is 0.154. The summed E-state index contributed by atoms with van der Waals surface area (Å²) in [5, 5.41) is 20.8. The van der Waals surface area contributed by atoms with Crippen LogP contribution in [0, 0.1) is 6.92 Å². The maximum atomic E-state index is 12.2. The normalized spacial score (nSPS) is 22.0. The third-order valence-electron chi connectivity index (χ3n) is 4.77. The van der Waals surface area contributed by atoms with Gasteiger partial charge in [-0.1, -0.05) is 12.1 Å². The van der Waals surface area contributed by atoms with Gasteiger partial charge in [-0.3, -0.25) is 9.69 Å². The van der Waals surface area contributed by atoms with Crippen molar-refractivity contribution in [3.63, 3.8) is 0 Å². The lowest BCUT2D eigenvalue weighted by atomic mass is 10.1. The number of likely N-dealkylation sites (tertiary alicyclic amines) is 1. The van der Waals surface area contributed by atoms with Gasteiger partial charge >= 0.3 is 0 Å². The van der Waals surface area contributed by atoms with E-state index in [1.54, 1.807) is 0 Å². The SMILES string of the molecule is Cc1cccc2c(=O)[nH]c(CCCN3CC(O)CC3CO)cc12. The molecule has 1 aromatic carbocycles. The molecular formula is C18H24N2O3. The molecule has 3 N–H and O–H groups in total. The van der Waals surface area contributed by atoms with Gasteiger partial charge in [-0.15, -0.1) is 0 Å². The van der Waals surface area contributed by atoms with Crippen LogP contribution in [0.2, 0.25) is 0 Å². The summed E-state index contributed by atoms with van der Waals surface area (Å²) >= 11 is 0. The van der Waals surface area contributed by atoms with Crippen molar-refractivity contribution in [3.8, 4) is 0 Å². The lowest BCUT2D eigenvalue weighted by Gasteiger charge is -2.22. The first kappa shape index (κ1) is 16.2. The average molecular weight is 316 g/mol. The molecule has 23 heavy (non-hydrogen) atoms. The van der Waals surface area contributed by atoms with Crippen LogP contribution in [0.15, 0.2) is 29.1 Å². The number of aromatic nitrogens is 1. The van der Waals surface area contributed by atoms with E-state index in [0.29, 0.717) is 13.0 Å². The number of H-pyrrole nitrogens is 1. The predicted molar refractivity (Wildman–Crippen MR) is 90.7 cm³/mol. The molecule has 3 rings (SSSR count). The van der Waals surface area contributed by atoms with Crippen LogP contribution in [0.25, 0.3) is 10.8 Å². The number of hydrogen-bond acceptors (Lipinski definition) is 4.